The van der Waals surface area contributed by atoms with Gasteiger partial charge in [0.1, 0.15) is 0 Å². The Morgan fingerprint density at radius 3 is 2.19 bits per heavy atom. The largest absolute Gasteiger partial charge is 0.314 e. The van der Waals surface area contributed by atoms with Crippen molar-refractivity contribution in [3.8, 4) is 22.3 Å². The third kappa shape index (κ3) is 5.46. The van der Waals surface area contributed by atoms with Crippen LogP contribution in [-0.4, -0.2) is 0 Å². The van der Waals surface area contributed by atoms with Crippen LogP contribution in [-0.2, 0) is 11.8 Å². The number of anilines is 2. The second-order valence-corrected chi connectivity index (χ2v) is 16.9. The highest BCUT2D eigenvalue weighted by molar-refractivity contribution is 7.99. The number of benzene rings is 6. The molecule has 0 radical (unpaired) electrons. The molecule has 0 saturated carbocycles. The molecule has 0 aromatic heterocycles. The van der Waals surface area contributed by atoms with E-state index in [1.807, 2.05) is 11.8 Å². The van der Waals surface area contributed by atoms with E-state index in [0.717, 1.165) is 24.8 Å². The highest BCUT2D eigenvalue weighted by Crippen LogP contribution is 2.59. The molecule has 0 saturated heterocycles. The summed E-state index contributed by atoms with van der Waals surface area (Å²) < 4.78 is 0. The van der Waals surface area contributed by atoms with Crippen molar-refractivity contribution in [2.75, 3.05) is 4.90 Å². The van der Waals surface area contributed by atoms with Crippen molar-refractivity contribution in [2.45, 2.75) is 48.7 Å². The van der Waals surface area contributed by atoms with Crippen LogP contribution in [0.1, 0.15) is 65.3 Å². The van der Waals surface area contributed by atoms with Crippen molar-refractivity contribution in [1.82, 2.24) is 0 Å². The summed E-state index contributed by atoms with van der Waals surface area (Å²) in [7, 11) is 0. The van der Waals surface area contributed by atoms with Crippen molar-refractivity contribution < 1.29 is 0 Å². The van der Waals surface area contributed by atoms with Gasteiger partial charge in [-0.25, -0.2) is 0 Å². The molecule has 54 heavy (non-hydrogen) atoms. The first kappa shape index (κ1) is 33.0. The van der Waals surface area contributed by atoms with Crippen molar-refractivity contribution >= 4 is 34.3 Å². The molecule has 0 N–H and O–H groups in total. The van der Waals surface area contributed by atoms with Gasteiger partial charge in [0.05, 0.1) is 0 Å². The maximum absolute atomic E-state index is 4.45. The van der Waals surface area contributed by atoms with Gasteiger partial charge in [0.2, 0.25) is 0 Å². The van der Waals surface area contributed by atoms with Gasteiger partial charge in [-0.3, -0.25) is 0 Å². The molecular formula is C52H43NS. The highest BCUT2D eigenvalue weighted by atomic mass is 32.2. The van der Waals surface area contributed by atoms with Crippen LogP contribution in [0, 0.1) is 5.92 Å². The molecule has 0 fully saturated rings. The molecule has 262 valence electrons. The summed E-state index contributed by atoms with van der Waals surface area (Å²) in [5.74, 6) is 0.356. The predicted molar refractivity (Wildman–Crippen MR) is 230 cm³/mol. The van der Waals surface area contributed by atoms with Gasteiger partial charge in [0.25, 0.3) is 0 Å². The van der Waals surface area contributed by atoms with E-state index in [1.165, 1.54) is 83.2 Å². The number of rotatable bonds is 5. The number of nitrogens with zero attached hydrogens (tertiary/aromatic N) is 1. The molecule has 1 nitrogen and oxygen atoms in total. The van der Waals surface area contributed by atoms with E-state index in [1.54, 1.807) is 0 Å². The average molecular weight is 714 g/mol. The Morgan fingerprint density at radius 2 is 1.37 bits per heavy atom. The van der Waals surface area contributed by atoms with Gasteiger partial charge in [0.15, 0.2) is 0 Å². The first-order chi connectivity index (χ1) is 26.4. The molecule has 1 heterocycles. The molecule has 2 atom stereocenters. The molecule has 10 rings (SSSR count). The van der Waals surface area contributed by atoms with Crippen molar-refractivity contribution in [3.05, 3.63) is 209 Å². The zero-order valence-electron chi connectivity index (χ0n) is 30.9. The minimum Gasteiger partial charge on any atom is -0.314 e. The fourth-order valence-corrected chi connectivity index (χ4v) is 11.1. The van der Waals surface area contributed by atoms with Gasteiger partial charge >= 0.3 is 0 Å². The molecule has 2 heteroatoms. The van der Waals surface area contributed by atoms with E-state index in [0.29, 0.717) is 11.2 Å². The monoisotopic (exact) mass is 713 g/mol. The van der Waals surface area contributed by atoms with Crippen molar-refractivity contribution in [1.29, 1.82) is 0 Å². The van der Waals surface area contributed by atoms with E-state index in [4.69, 9.17) is 0 Å². The minimum atomic E-state index is -0.0474. The summed E-state index contributed by atoms with van der Waals surface area (Å²) in [6, 6.07) is 51.9. The second kappa shape index (κ2) is 13.1. The summed E-state index contributed by atoms with van der Waals surface area (Å²) in [6.07, 6.45) is 12.4. The van der Waals surface area contributed by atoms with Crippen LogP contribution in [0.25, 0.3) is 33.4 Å². The van der Waals surface area contributed by atoms with Gasteiger partial charge in [-0.1, -0.05) is 148 Å². The third-order valence-electron chi connectivity index (χ3n) is 12.3. The Labute approximate surface area is 324 Å². The summed E-state index contributed by atoms with van der Waals surface area (Å²) in [5, 5.41) is 0.339. The minimum absolute atomic E-state index is 0.0474. The Balaban J connectivity index is 1.06. The van der Waals surface area contributed by atoms with Gasteiger partial charge in [-0.05, 0) is 128 Å². The third-order valence-corrected chi connectivity index (χ3v) is 13.7. The maximum Gasteiger partial charge on any atom is 0.0461 e. The van der Waals surface area contributed by atoms with Gasteiger partial charge in [-0.2, -0.15) is 0 Å². The summed E-state index contributed by atoms with van der Waals surface area (Å²) >= 11 is 2.01. The molecule has 3 aliphatic carbocycles. The van der Waals surface area contributed by atoms with Crippen LogP contribution >= 0.6 is 11.8 Å². The number of thioether (sulfide) groups is 1. The van der Waals surface area contributed by atoms with Gasteiger partial charge in [-0.15, -0.1) is 11.8 Å². The summed E-state index contributed by atoms with van der Waals surface area (Å²) in [5.41, 5.74) is 19.8. The van der Waals surface area contributed by atoms with Crippen molar-refractivity contribution in [3.63, 3.8) is 0 Å². The molecule has 0 spiro atoms. The molecule has 0 bridgehead atoms. The summed E-state index contributed by atoms with van der Waals surface area (Å²) in [6.45, 7) is 9.32. The zero-order chi connectivity index (χ0) is 36.4. The summed E-state index contributed by atoms with van der Waals surface area (Å²) in [4.78, 5) is 3.84. The zero-order valence-corrected chi connectivity index (χ0v) is 31.7. The normalized spacial score (nSPS) is 19.6. The van der Waals surface area contributed by atoms with Crippen LogP contribution in [0.3, 0.4) is 0 Å². The molecular weight excluding hydrogens is 671 g/mol. The van der Waals surface area contributed by atoms with Crippen LogP contribution in [0.15, 0.2) is 181 Å². The van der Waals surface area contributed by atoms with Gasteiger partial charge in [0, 0.05) is 33.1 Å². The quantitative estimate of drug-likeness (QED) is 0.175. The SMILES string of the molecule is C=C1/C=C\C2C(Sc3ccccc31)c1ccc(N(C3=CC=C(c4ccccc4)CC3)c3ccc(-c4cccc5c4Cc4ccccc4-5)cc3)cc1C2(C)C. The number of hydrogen-bond donors (Lipinski definition) is 0. The lowest BCUT2D eigenvalue weighted by atomic mass is 9.78. The fourth-order valence-electron chi connectivity index (χ4n) is 9.40. The Hall–Kier alpha value is -5.57. The second-order valence-electron chi connectivity index (χ2n) is 15.7. The molecule has 1 aliphatic heterocycles. The first-order valence-corrected chi connectivity index (χ1v) is 20.2. The van der Waals surface area contributed by atoms with E-state index >= 15 is 0 Å². The Morgan fingerprint density at radius 1 is 0.648 bits per heavy atom. The fraction of sp³-hybridized carbons (Fsp3) is 0.154. The number of hydrogen-bond acceptors (Lipinski definition) is 2. The number of fused-ring (bicyclic) bond motifs is 7. The van der Waals surface area contributed by atoms with E-state index in [-0.39, 0.29) is 5.41 Å². The molecule has 6 aromatic rings. The molecule has 0 amide bonds. The van der Waals surface area contributed by atoms with Crippen molar-refractivity contribution in [2.24, 2.45) is 5.92 Å². The lowest BCUT2D eigenvalue weighted by molar-refractivity contribution is 0.414. The highest BCUT2D eigenvalue weighted by Gasteiger charge is 2.46. The average Bonchev–Trinajstić information content (AvgIpc) is 3.69. The first-order valence-electron chi connectivity index (χ1n) is 19.3. The van der Waals surface area contributed by atoms with Crippen LogP contribution in [0.4, 0.5) is 11.4 Å². The standard InChI is InChI=1S/C52H43NS/c1-34-20-31-48-51(54-50-19-10-9-15-42(34)50)46-30-29-41(33-49(46)52(48,2)3)53(39-25-21-36(22-26-39)35-12-5-4-6-13-35)40-27-23-37(24-28-40)43-17-11-18-45-44-16-8-7-14-38(44)32-47(43)45/h4-21,23-25,27-31,33,48,51H,1,22,26,32H2,2-3H3/b31-20-. The van der Waals surface area contributed by atoms with Crippen LogP contribution in [0.2, 0.25) is 0 Å². The van der Waals surface area contributed by atoms with Crippen LogP contribution < -0.4 is 4.90 Å². The molecule has 4 aliphatic rings. The lowest BCUT2D eigenvalue weighted by Gasteiger charge is -2.32. The van der Waals surface area contributed by atoms with E-state index in [2.05, 4.69) is 189 Å². The Kier molecular flexibility index (Phi) is 8.00. The Bertz CT molecular complexity index is 2550. The maximum atomic E-state index is 4.45. The van der Waals surface area contributed by atoms with E-state index < -0.39 is 0 Å². The topological polar surface area (TPSA) is 3.24 Å². The predicted octanol–water partition coefficient (Wildman–Crippen LogP) is 14.1. The lowest BCUT2D eigenvalue weighted by Crippen LogP contribution is -2.24. The smallest absolute Gasteiger partial charge is 0.0461 e. The van der Waals surface area contributed by atoms with E-state index in [9.17, 15) is 0 Å². The van der Waals surface area contributed by atoms with Crippen LogP contribution in [0.5, 0.6) is 0 Å². The number of allylic oxidation sites excluding steroid dienone is 7. The molecule has 2 unspecified atom stereocenters. The van der Waals surface area contributed by atoms with Gasteiger partial charge < -0.3 is 4.90 Å². The molecule has 6 aromatic carbocycles.